The van der Waals surface area contributed by atoms with E-state index in [2.05, 4.69) is 5.32 Å². The van der Waals surface area contributed by atoms with Gasteiger partial charge in [-0.05, 0) is 42.8 Å². The smallest absolute Gasteiger partial charge is 0.221 e. The van der Waals surface area contributed by atoms with Gasteiger partial charge in [-0.1, -0.05) is 0 Å². The summed E-state index contributed by atoms with van der Waals surface area (Å²) in [5.74, 6) is 0.829. The van der Waals surface area contributed by atoms with Gasteiger partial charge in [-0.2, -0.15) is 0 Å². The van der Waals surface area contributed by atoms with Gasteiger partial charge in [-0.3, -0.25) is 9.59 Å². The number of carbonyl (C=O) groups is 2. The van der Waals surface area contributed by atoms with Gasteiger partial charge in [0.25, 0.3) is 0 Å². The number of hydrogen-bond donors (Lipinski definition) is 1. The molecule has 0 aliphatic heterocycles. The van der Waals surface area contributed by atoms with Crippen LogP contribution in [0.4, 0.5) is 5.69 Å². The number of aldehydes is 1. The number of carbonyl (C=O) groups excluding carboxylic acids is 2. The lowest BCUT2D eigenvalue weighted by molar-refractivity contribution is -0.114. The lowest BCUT2D eigenvalue weighted by Crippen LogP contribution is -2.06. The Bertz CT molecular complexity index is 599. The molecule has 0 atom stereocenters. The van der Waals surface area contributed by atoms with Crippen molar-refractivity contribution in [2.45, 2.75) is 13.8 Å². The lowest BCUT2D eigenvalue weighted by Gasteiger charge is -2.07. The van der Waals surface area contributed by atoms with Crippen LogP contribution in [0.25, 0.3) is 11.3 Å². The number of nitrogens with one attached hydrogen (secondary N) is 1. The minimum Gasteiger partial charge on any atom is -0.453 e. The van der Waals surface area contributed by atoms with Gasteiger partial charge in [-0.25, -0.2) is 0 Å². The van der Waals surface area contributed by atoms with Gasteiger partial charge >= 0.3 is 0 Å². The molecule has 1 aromatic carbocycles. The summed E-state index contributed by atoms with van der Waals surface area (Å²) in [6, 6.07) is 8.93. The van der Waals surface area contributed by atoms with Crippen LogP contribution in [0.3, 0.4) is 0 Å². The fraction of sp³-hybridized carbons (Fsp3) is 0.143. The zero-order valence-corrected chi connectivity index (χ0v) is 10.2. The molecule has 1 heterocycles. The van der Waals surface area contributed by atoms with Crippen LogP contribution in [-0.4, -0.2) is 12.2 Å². The Kier molecular flexibility index (Phi) is 3.28. The van der Waals surface area contributed by atoms with Crippen molar-refractivity contribution < 1.29 is 14.0 Å². The van der Waals surface area contributed by atoms with Gasteiger partial charge in [0.15, 0.2) is 12.0 Å². The fourth-order valence-corrected chi connectivity index (χ4v) is 1.72. The van der Waals surface area contributed by atoms with E-state index < -0.39 is 0 Å². The maximum Gasteiger partial charge on any atom is 0.221 e. The normalized spacial score (nSPS) is 10.1. The molecule has 0 spiro atoms. The van der Waals surface area contributed by atoms with E-state index in [0.29, 0.717) is 17.8 Å². The van der Waals surface area contributed by atoms with Crippen molar-refractivity contribution in [2.24, 2.45) is 0 Å². The predicted molar refractivity (Wildman–Crippen MR) is 68.6 cm³/mol. The summed E-state index contributed by atoms with van der Waals surface area (Å²) in [5, 5.41) is 2.74. The molecular weight excluding hydrogens is 230 g/mol. The van der Waals surface area contributed by atoms with Crippen LogP contribution in [-0.2, 0) is 4.79 Å². The molecule has 0 aliphatic rings. The SMILES string of the molecule is CC(=O)Nc1ccc(-c2ccc(C=O)o2)cc1C. The van der Waals surface area contributed by atoms with Gasteiger partial charge < -0.3 is 9.73 Å². The first kappa shape index (κ1) is 12.1. The highest BCUT2D eigenvalue weighted by atomic mass is 16.3. The largest absolute Gasteiger partial charge is 0.453 e. The van der Waals surface area contributed by atoms with E-state index in [-0.39, 0.29) is 5.91 Å². The minimum atomic E-state index is -0.105. The van der Waals surface area contributed by atoms with Gasteiger partial charge in [0, 0.05) is 18.2 Å². The van der Waals surface area contributed by atoms with E-state index >= 15 is 0 Å². The number of amides is 1. The summed E-state index contributed by atoms with van der Waals surface area (Å²) in [6.45, 7) is 3.37. The highest BCUT2D eigenvalue weighted by Crippen LogP contribution is 2.26. The van der Waals surface area contributed by atoms with E-state index in [4.69, 9.17) is 4.42 Å². The number of aryl methyl sites for hydroxylation is 1. The van der Waals surface area contributed by atoms with Gasteiger partial charge in [-0.15, -0.1) is 0 Å². The topological polar surface area (TPSA) is 59.3 Å². The Morgan fingerprint density at radius 3 is 2.61 bits per heavy atom. The third-order valence-corrected chi connectivity index (χ3v) is 2.56. The number of benzene rings is 1. The van der Waals surface area contributed by atoms with Crippen molar-refractivity contribution in [3.8, 4) is 11.3 Å². The third-order valence-electron chi connectivity index (χ3n) is 2.56. The summed E-state index contributed by atoms with van der Waals surface area (Å²) in [6.07, 6.45) is 0.669. The van der Waals surface area contributed by atoms with Crippen LogP contribution < -0.4 is 5.32 Å². The van der Waals surface area contributed by atoms with Crippen molar-refractivity contribution >= 4 is 17.9 Å². The van der Waals surface area contributed by atoms with Crippen LogP contribution in [0.15, 0.2) is 34.7 Å². The standard InChI is InChI=1S/C14H13NO3/c1-9-7-11(3-5-13(9)15-10(2)17)14-6-4-12(8-16)18-14/h3-8H,1-2H3,(H,15,17). The van der Waals surface area contributed by atoms with Crippen LogP contribution in [0.1, 0.15) is 23.0 Å². The van der Waals surface area contributed by atoms with Gasteiger partial charge in [0.2, 0.25) is 5.91 Å². The Morgan fingerprint density at radius 2 is 2.06 bits per heavy atom. The summed E-state index contributed by atoms with van der Waals surface area (Å²) >= 11 is 0. The molecule has 0 unspecified atom stereocenters. The Morgan fingerprint density at radius 1 is 1.28 bits per heavy atom. The molecule has 0 aliphatic carbocycles. The highest BCUT2D eigenvalue weighted by molar-refractivity contribution is 5.90. The quantitative estimate of drug-likeness (QED) is 0.843. The van der Waals surface area contributed by atoms with E-state index in [1.165, 1.54) is 6.92 Å². The fourth-order valence-electron chi connectivity index (χ4n) is 1.72. The summed E-state index contributed by atoms with van der Waals surface area (Å²) < 4.78 is 5.34. The number of rotatable bonds is 3. The first-order valence-electron chi connectivity index (χ1n) is 5.54. The van der Waals surface area contributed by atoms with Gasteiger partial charge in [0.1, 0.15) is 5.76 Å². The summed E-state index contributed by atoms with van der Waals surface area (Å²) in [7, 11) is 0. The average Bonchev–Trinajstić information content (AvgIpc) is 2.80. The molecule has 0 saturated heterocycles. The molecule has 92 valence electrons. The molecule has 0 fully saturated rings. The second-order valence-electron chi connectivity index (χ2n) is 4.03. The number of furan rings is 1. The van der Waals surface area contributed by atoms with Crippen molar-refractivity contribution in [1.82, 2.24) is 0 Å². The van der Waals surface area contributed by atoms with Crippen molar-refractivity contribution in [3.05, 3.63) is 41.7 Å². The highest BCUT2D eigenvalue weighted by Gasteiger charge is 2.07. The summed E-state index contributed by atoms with van der Waals surface area (Å²) in [4.78, 5) is 21.5. The molecule has 18 heavy (non-hydrogen) atoms. The number of hydrogen-bond acceptors (Lipinski definition) is 3. The molecule has 4 nitrogen and oxygen atoms in total. The molecule has 4 heteroatoms. The van der Waals surface area contributed by atoms with E-state index in [1.54, 1.807) is 12.1 Å². The van der Waals surface area contributed by atoms with Crippen LogP contribution >= 0.6 is 0 Å². The van der Waals surface area contributed by atoms with Gasteiger partial charge in [0.05, 0.1) is 0 Å². The predicted octanol–water partition coefficient (Wildman–Crippen LogP) is 3.03. The minimum absolute atomic E-state index is 0.105. The van der Waals surface area contributed by atoms with E-state index in [0.717, 1.165) is 16.8 Å². The van der Waals surface area contributed by atoms with Crippen molar-refractivity contribution in [2.75, 3.05) is 5.32 Å². The van der Waals surface area contributed by atoms with Crippen LogP contribution in [0.2, 0.25) is 0 Å². The van der Waals surface area contributed by atoms with Crippen LogP contribution in [0, 0.1) is 6.92 Å². The zero-order chi connectivity index (χ0) is 13.1. The monoisotopic (exact) mass is 243 g/mol. The van der Waals surface area contributed by atoms with E-state index in [1.807, 2.05) is 25.1 Å². The zero-order valence-electron chi connectivity index (χ0n) is 10.2. The second kappa shape index (κ2) is 4.87. The van der Waals surface area contributed by atoms with Crippen LogP contribution in [0.5, 0.6) is 0 Å². The molecule has 0 radical (unpaired) electrons. The molecule has 2 rings (SSSR count). The molecule has 1 aromatic heterocycles. The average molecular weight is 243 g/mol. The number of anilines is 1. The molecule has 1 amide bonds. The Balaban J connectivity index is 2.33. The molecule has 1 N–H and O–H groups in total. The van der Waals surface area contributed by atoms with Crippen molar-refractivity contribution in [3.63, 3.8) is 0 Å². The lowest BCUT2D eigenvalue weighted by atomic mass is 10.1. The maximum absolute atomic E-state index is 11.0. The summed E-state index contributed by atoms with van der Waals surface area (Å²) in [5.41, 5.74) is 2.58. The third kappa shape index (κ3) is 2.48. The first-order valence-corrected chi connectivity index (χ1v) is 5.54. The molecular formula is C14H13NO3. The van der Waals surface area contributed by atoms with Crippen molar-refractivity contribution in [1.29, 1.82) is 0 Å². The first-order chi connectivity index (χ1) is 8.60. The molecule has 2 aromatic rings. The molecule has 0 saturated carbocycles. The Hall–Kier alpha value is -2.36. The molecule has 0 bridgehead atoms. The van der Waals surface area contributed by atoms with E-state index in [9.17, 15) is 9.59 Å². The maximum atomic E-state index is 11.0. The Labute approximate surface area is 105 Å². The second-order valence-corrected chi connectivity index (χ2v) is 4.03.